The highest BCUT2D eigenvalue weighted by atomic mass is 16.5. The number of carboxylic acids is 1. The number of hydrogen-bond donors (Lipinski definition) is 1. The van der Waals surface area contributed by atoms with E-state index in [-0.39, 0.29) is 5.56 Å². The van der Waals surface area contributed by atoms with E-state index in [1.165, 1.54) is 12.1 Å². The van der Waals surface area contributed by atoms with Crippen molar-refractivity contribution < 1.29 is 23.8 Å². The summed E-state index contributed by atoms with van der Waals surface area (Å²) < 4.78 is 13.5. The Kier molecular flexibility index (Phi) is 5.14. The van der Waals surface area contributed by atoms with Crippen LogP contribution in [0.1, 0.15) is 39.8 Å². The number of furan rings is 1. The third kappa shape index (κ3) is 3.26. The van der Waals surface area contributed by atoms with Crippen molar-refractivity contribution in [3.05, 3.63) is 71.4 Å². The topological polar surface area (TPSA) is 81.7 Å². The first-order valence-electron chi connectivity index (χ1n) is 9.67. The Bertz CT molecular complexity index is 1230. The number of aldehydes is 1. The maximum Gasteiger partial charge on any atom is 0.335 e. The molecule has 2 heterocycles. The Balaban J connectivity index is 1.90. The Morgan fingerprint density at radius 3 is 2.53 bits per heavy atom. The minimum absolute atomic E-state index is 0.179. The molecule has 0 atom stereocenters. The third-order valence-electron chi connectivity index (χ3n) is 5.12. The van der Waals surface area contributed by atoms with Gasteiger partial charge in [0.25, 0.3) is 0 Å². The molecule has 0 amide bonds. The van der Waals surface area contributed by atoms with Gasteiger partial charge in [0.2, 0.25) is 0 Å². The van der Waals surface area contributed by atoms with E-state index in [1.54, 1.807) is 29.9 Å². The van der Waals surface area contributed by atoms with Gasteiger partial charge in [-0.1, -0.05) is 19.4 Å². The van der Waals surface area contributed by atoms with Crippen molar-refractivity contribution in [3.8, 4) is 22.9 Å². The minimum atomic E-state index is -1.00. The first-order chi connectivity index (χ1) is 14.6. The number of aromatic nitrogens is 1. The number of rotatable bonds is 7. The average Bonchev–Trinajstić information content (AvgIpc) is 3.38. The summed E-state index contributed by atoms with van der Waals surface area (Å²) >= 11 is 0. The highest BCUT2D eigenvalue weighted by molar-refractivity contribution is 5.91. The van der Waals surface area contributed by atoms with Crippen LogP contribution < -0.4 is 4.74 Å². The monoisotopic (exact) mass is 403 g/mol. The molecule has 0 spiro atoms. The summed E-state index contributed by atoms with van der Waals surface area (Å²) in [6.07, 6.45) is 2.63. The molecule has 6 nitrogen and oxygen atoms in total. The second-order valence-electron chi connectivity index (χ2n) is 6.98. The second kappa shape index (κ2) is 7.91. The van der Waals surface area contributed by atoms with Crippen LogP contribution in [0.3, 0.4) is 0 Å². The van der Waals surface area contributed by atoms with Gasteiger partial charge in [-0.3, -0.25) is 4.79 Å². The van der Waals surface area contributed by atoms with Crippen LogP contribution >= 0.6 is 0 Å². The van der Waals surface area contributed by atoms with E-state index >= 15 is 0 Å². The normalized spacial score (nSPS) is 11.0. The van der Waals surface area contributed by atoms with Crippen LogP contribution in [-0.4, -0.2) is 29.0 Å². The first-order valence-corrected chi connectivity index (χ1v) is 9.67. The molecule has 4 aromatic rings. The van der Waals surface area contributed by atoms with Crippen molar-refractivity contribution in [2.24, 2.45) is 0 Å². The number of hydrogen-bond acceptors (Lipinski definition) is 4. The van der Waals surface area contributed by atoms with E-state index in [4.69, 9.17) is 14.3 Å². The maximum absolute atomic E-state index is 11.7. The zero-order chi connectivity index (χ0) is 21.3. The smallest absolute Gasteiger partial charge is 0.335 e. The first kappa shape index (κ1) is 19.5. The molecule has 0 radical (unpaired) electrons. The van der Waals surface area contributed by atoms with Crippen molar-refractivity contribution in [3.63, 3.8) is 0 Å². The van der Waals surface area contributed by atoms with Gasteiger partial charge in [-0.05, 0) is 60.5 Å². The largest absolute Gasteiger partial charge is 0.496 e. The van der Waals surface area contributed by atoms with Crippen LogP contribution in [-0.2, 0) is 6.42 Å². The van der Waals surface area contributed by atoms with Crippen molar-refractivity contribution in [1.82, 2.24) is 4.57 Å². The summed E-state index contributed by atoms with van der Waals surface area (Å²) in [7, 11) is 1.62. The zero-order valence-electron chi connectivity index (χ0n) is 16.7. The lowest BCUT2D eigenvalue weighted by Gasteiger charge is -2.10. The molecule has 0 aliphatic rings. The highest BCUT2D eigenvalue weighted by Crippen LogP contribution is 2.37. The summed E-state index contributed by atoms with van der Waals surface area (Å²) in [6, 6.07) is 15.8. The van der Waals surface area contributed by atoms with Crippen LogP contribution in [0.5, 0.6) is 5.75 Å². The van der Waals surface area contributed by atoms with E-state index in [1.807, 2.05) is 24.3 Å². The van der Waals surface area contributed by atoms with Gasteiger partial charge in [0, 0.05) is 5.69 Å². The van der Waals surface area contributed by atoms with Gasteiger partial charge in [-0.25, -0.2) is 4.79 Å². The predicted molar refractivity (Wildman–Crippen MR) is 114 cm³/mol. The van der Waals surface area contributed by atoms with Crippen LogP contribution in [0.2, 0.25) is 0 Å². The SMILES string of the molecule is CCCc1ccc(OC)c2cc(-c3ccc(C=O)n3-c3ccc(C(=O)O)cc3)oc12. The fraction of sp³-hybridized carbons (Fsp3) is 0.167. The van der Waals surface area contributed by atoms with Crippen molar-refractivity contribution in [2.45, 2.75) is 19.8 Å². The van der Waals surface area contributed by atoms with Gasteiger partial charge in [0.05, 0.1) is 29.4 Å². The molecule has 30 heavy (non-hydrogen) atoms. The number of carbonyl (C=O) groups excluding carboxylic acids is 1. The van der Waals surface area contributed by atoms with Crippen molar-refractivity contribution in [2.75, 3.05) is 7.11 Å². The molecule has 2 aromatic heterocycles. The molecular formula is C24H21NO5. The third-order valence-corrected chi connectivity index (χ3v) is 5.12. The molecule has 4 rings (SSSR count). The highest BCUT2D eigenvalue weighted by Gasteiger charge is 2.19. The molecule has 0 unspecified atom stereocenters. The lowest BCUT2D eigenvalue weighted by molar-refractivity contribution is 0.0696. The zero-order valence-corrected chi connectivity index (χ0v) is 16.7. The van der Waals surface area contributed by atoms with Crippen LogP contribution in [0.4, 0.5) is 0 Å². The van der Waals surface area contributed by atoms with Gasteiger partial charge in [-0.15, -0.1) is 0 Å². The Morgan fingerprint density at radius 2 is 1.90 bits per heavy atom. The molecule has 0 aliphatic heterocycles. The fourth-order valence-corrected chi connectivity index (χ4v) is 3.70. The van der Waals surface area contributed by atoms with E-state index in [2.05, 4.69) is 6.92 Å². The van der Waals surface area contributed by atoms with Crippen LogP contribution in [0, 0.1) is 0 Å². The standard InChI is InChI=1S/C24H21NO5/c1-3-4-15-7-12-21(29-2)19-13-22(30-23(15)19)20-11-10-18(14-26)25(20)17-8-5-16(6-9-17)24(27)28/h5-14H,3-4H2,1-2H3,(H,27,28). The molecule has 0 saturated carbocycles. The van der Waals surface area contributed by atoms with Crippen molar-refractivity contribution in [1.29, 1.82) is 0 Å². The lowest BCUT2D eigenvalue weighted by atomic mass is 10.1. The molecule has 0 fully saturated rings. The fourth-order valence-electron chi connectivity index (χ4n) is 3.70. The Labute approximate surface area is 173 Å². The number of ether oxygens (including phenoxy) is 1. The Hall–Kier alpha value is -3.80. The molecule has 1 N–H and O–H groups in total. The van der Waals surface area contributed by atoms with E-state index in [9.17, 15) is 9.59 Å². The number of nitrogens with zero attached hydrogens (tertiary/aromatic N) is 1. The summed E-state index contributed by atoms with van der Waals surface area (Å²) in [6.45, 7) is 2.11. The van der Waals surface area contributed by atoms with Crippen LogP contribution in [0.15, 0.2) is 59.0 Å². The number of fused-ring (bicyclic) bond motifs is 1. The number of methoxy groups -OCH3 is 1. The predicted octanol–water partition coefficient (Wildman–Crippen LogP) is 5.36. The van der Waals surface area contributed by atoms with E-state index in [0.29, 0.717) is 22.8 Å². The summed E-state index contributed by atoms with van der Waals surface area (Å²) in [4.78, 5) is 22.8. The minimum Gasteiger partial charge on any atom is -0.496 e. The number of carbonyl (C=O) groups is 2. The van der Waals surface area contributed by atoms with Gasteiger partial charge in [0.1, 0.15) is 11.3 Å². The maximum atomic E-state index is 11.7. The van der Waals surface area contributed by atoms with E-state index in [0.717, 1.165) is 41.4 Å². The lowest BCUT2D eigenvalue weighted by Crippen LogP contribution is -2.02. The van der Waals surface area contributed by atoms with Gasteiger partial charge < -0.3 is 18.8 Å². The van der Waals surface area contributed by atoms with Crippen molar-refractivity contribution >= 4 is 23.2 Å². The number of aryl methyl sites for hydroxylation is 1. The van der Waals surface area contributed by atoms with Gasteiger partial charge in [0.15, 0.2) is 12.0 Å². The molecule has 0 saturated heterocycles. The number of benzene rings is 2. The van der Waals surface area contributed by atoms with Crippen LogP contribution in [0.25, 0.3) is 28.1 Å². The number of carboxylic acid groups (broad SMARTS) is 1. The molecular weight excluding hydrogens is 382 g/mol. The molecule has 152 valence electrons. The quantitative estimate of drug-likeness (QED) is 0.420. The number of aromatic carboxylic acids is 1. The van der Waals surface area contributed by atoms with Gasteiger partial charge in [-0.2, -0.15) is 0 Å². The summed E-state index contributed by atoms with van der Waals surface area (Å²) in [5, 5.41) is 10.0. The van der Waals surface area contributed by atoms with Gasteiger partial charge >= 0.3 is 5.97 Å². The van der Waals surface area contributed by atoms with E-state index < -0.39 is 5.97 Å². The average molecular weight is 403 g/mol. The summed E-state index contributed by atoms with van der Waals surface area (Å²) in [5.41, 5.74) is 3.85. The molecule has 2 aromatic carbocycles. The molecule has 0 bridgehead atoms. The Morgan fingerprint density at radius 1 is 1.13 bits per heavy atom. The molecule has 0 aliphatic carbocycles. The molecule has 6 heteroatoms. The summed E-state index contributed by atoms with van der Waals surface area (Å²) in [5.74, 6) is 0.319. The second-order valence-corrected chi connectivity index (χ2v) is 6.98.